The number of alkyl halides is 1. The van der Waals surface area contributed by atoms with Gasteiger partial charge in [-0.2, -0.15) is 0 Å². The number of Topliss-reactive ketones (excluding diaryl/α,β-unsaturated/α-hetero) is 1. The summed E-state index contributed by atoms with van der Waals surface area (Å²) in [5.74, 6) is 1.05. The molecule has 29 heavy (non-hydrogen) atoms. The number of benzene rings is 3. The van der Waals surface area contributed by atoms with Gasteiger partial charge in [-0.15, -0.1) is 0 Å². The lowest BCUT2D eigenvalue weighted by atomic mass is 9.72. The third-order valence-electron chi connectivity index (χ3n) is 5.37. The van der Waals surface area contributed by atoms with Crippen molar-refractivity contribution < 1.29 is 9.53 Å². The summed E-state index contributed by atoms with van der Waals surface area (Å²) in [6.45, 7) is 4.91. The maximum atomic E-state index is 13.1. The predicted octanol–water partition coefficient (Wildman–Crippen LogP) is 6.74. The van der Waals surface area contributed by atoms with E-state index in [1.807, 2.05) is 54.6 Å². The third-order valence-corrected chi connectivity index (χ3v) is 5.93. The van der Waals surface area contributed by atoms with Crippen LogP contribution in [-0.2, 0) is 5.41 Å². The van der Waals surface area contributed by atoms with Gasteiger partial charge in [-0.1, -0.05) is 95.7 Å². The van der Waals surface area contributed by atoms with E-state index in [0.29, 0.717) is 13.0 Å². The Morgan fingerprint density at radius 1 is 0.931 bits per heavy atom. The van der Waals surface area contributed by atoms with Crippen LogP contribution in [0, 0.1) is 6.92 Å². The summed E-state index contributed by atoms with van der Waals surface area (Å²) >= 11 is 3.44. The Bertz CT molecular complexity index is 937. The Morgan fingerprint density at radius 3 is 2.21 bits per heavy atom. The van der Waals surface area contributed by atoms with E-state index in [4.69, 9.17) is 4.74 Å². The molecule has 3 rings (SSSR count). The molecule has 0 aromatic heterocycles. The van der Waals surface area contributed by atoms with Crippen molar-refractivity contribution in [3.8, 4) is 5.75 Å². The van der Waals surface area contributed by atoms with Gasteiger partial charge < -0.3 is 4.74 Å². The highest BCUT2D eigenvalue weighted by atomic mass is 79.9. The number of carbonyl (C=O) groups excluding carboxylic acids is 1. The molecular formula is C26H27BrO2. The summed E-state index contributed by atoms with van der Waals surface area (Å²) in [6, 6.07) is 26.1. The fourth-order valence-corrected chi connectivity index (χ4v) is 3.84. The molecule has 2 nitrogen and oxygen atoms in total. The number of hydrogen-bond donors (Lipinski definition) is 0. The first-order chi connectivity index (χ1) is 14.0. The van der Waals surface area contributed by atoms with Crippen molar-refractivity contribution in [2.24, 2.45) is 0 Å². The predicted molar refractivity (Wildman–Crippen MR) is 123 cm³/mol. The third kappa shape index (κ3) is 5.16. The number of ketones is 1. The van der Waals surface area contributed by atoms with Crippen LogP contribution < -0.4 is 4.74 Å². The molecule has 0 bridgehead atoms. The van der Waals surface area contributed by atoms with Gasteiger partial charge in [0.2, 0.25) is 0 Å². The van der Waals surface area contributed by atoms with Gasteiger partial charge in [0.05, 0.1) is 6.61 Å². The fourth-order valence-electron chi connectivity index (χ4n) is 3.62. The molecule has 0 aliphatic carbocycles. The minimum Gasteiger partial charge on any atom is -0.493 e. The summed E-state index contributed by atoms with van der Waals surface area (Å²) in [4.78, 5) is 13.1. The van der Waals surface area contributed by atoms with E-state index in [1.54, 1.807) is 0 Å². The van der Waals surface area contributed by atoms with Crippen LogP contribution in [0.4, 0.5) is 0 Å². The highest BCUT2D eigenvalue weighted by Gasteiger charge is 2.32. The molecule has 0 aliphatic rings. The van der Waals surface area contributed by atoms with Crippen molar-refractivity contribution in [2.45, 2.75) is 32.1 Å². The SMILES string of the molecule is Cc1cc(C(C)(CC(=O)c2ccccc2)c2ccccc2)ccc1OCCCBr. The Balaban J connectivity index is 1.96. The maximum Gasteiger partial charge on any atom is 0.164 e. The number of hydrogen-bond acceptors (Lipinski definition) is 2. The Hall–Kier alpha value is -2.39. The smallest absolute Gasteiger partial charge is 0.164 e. The van der Waals surface area contributed by atoms with Gasteiger partial charge in [0.15, 0.2) is 5.78 Å². The van der Waals surface area contributed by atoms with E-state index in [2.05, 4.69) is 54.0 Å². The zero-order chi connectivity index (χ0) is 20.7. The lowest BCUT2D eigenvalue weighted by Gasteiger charge is -2.31. The van der Waals surface area contributed by atoms with Gasteiger partial charge in [0, 0.05) is 22.7 Å². The molecule has 0 fully saturated rings. The number of aryl methyl sites for hydroxylation is 1. The quantitative estimate of drug-likeness (QED) is 0.205. The van der Waals surface area contributed by atoms with Crippen LogP contribution in [-0.4, -0.2) is 17.7 Å². The summed E-state index contributed by atoms with van der Waals surface area (Å²) in [5, 5.41) is 0.928. The summed E-state index contributed by atoms with van der Waals surface area (Å²) in [5.41, 5.74) is 3.68. The van der Waals surface area contributed by atoms with Crippen LogP contribution in [0.1, 0.15) is 46.8 Å². The fraction of sp³-hybridized carbons (Fsp3) is 0.269. The number of ether oxygens (including phenoxy) is 1. The molecule has 0 aliphatic heterocycles. The second-order valence-electron chi connectivity index (χ2n) is 7.54. The highest BCUT2D eigenvalue weighted by molar-refractivity contribution is 9.09. The van der Waals surface area contributed by atoms with E-state index in [-0.39, 0.29) is 5.78 Å². The first kappa shape index (κ1) is 21.3. The molecule has 0 heterocycles. The zero-order valence-corrected chi connectivity index (χ0v) is 18.6. The zero-order valence-electron chi connectivity index (χ0n) is 17.0. The average Bonchev–Trinajstić information content (AvgIpc) is 2.76. The van der Waals surface area contributed by atoms with E-state index < -0.39 is 5.41 Å². The summed E-state index contributed by atoms with van der Waals surface area (Å²) in [7, 11) is 0. The van der Waals surface area contributed by atoms with Crippen molar-refractivity contribution in [2.75, 3.05) is 11.9 Å². The summed E-state index contributed by atoms with van der Waals surface area (Å²) < 4.78 is 5.90. The molecule has 3 heteroatoms. The van der Waals surface area contributed by atoms with Crippen LogP contribution in [0.25, 0.3) is 0 Å². The topological polar surface area (TPSA) is 26.3 Å². The number of carbonyl (C=O) groups is 1. The summed E-state index contributed by atoms with van der Waals surface area (Å²) in [6.07, 6.45) is 1.37. The van der Waals surface area contributed by atoms with Gasteiger partial charge in [-0.3, -0.25) is 4.79 Å². The Kier molecular flexibility index (Phi) is 7.27. The second kappa shape index (κ2) is 9.89. The van der Waals surface area contributed by atoms with Crippen LogP contribution in [0.15, 0.2) is 78.9 Å². The van der Waals surface area contributed by atoms with Gasteiger partial charge >= 0.3 is 0 Å². The van der Waals surface area contributed by atoms with Crippen LogP contribution in [0.3, 0.4) is 0 Å². The van der Waals surface area contributed by atoms with E-state index >= 15 is 0 Å². The Labute approximate surface area is 182 Å². The maximum absolute atomic E-state index is 13.1. The van der Waals surface area contributed by atoms with E-state index in [0.717, 1.165) is 39.8 Å². The lowest BCUT2D eigenvalue weighted by Crippen LogP contribution is -2.27. The second-order valence-corrected chi connectivity index (χ2v) is 8.33. The normalized spacial score (nSPS) is 12.9. The highest BCUT2D eigenvalue weighted by Crippen LogP contribution is 2.38. The number of rotatable bonds is 9. The molecule has 1 atom stereocenters. The van der Waals surface area contributed by atoms with Crippen molar-refractivity contribution in [3.63, 3.8) is 0 Å². The molecule has 0 N–H and O–H groups in total. The molecule has 0 spiro atoms. The molecule has 1 unspecified atom stereocenters. The molecule has 0 amide bonds. The van der Waals surface area contributed by atoms with E-state index in [1.165, 1.54) is 0 Å². The molecule has 3 aromatic rings. The van der Waals surface area contributed by atoms with Crippen LogP contribution >= 0.6 is 15.9 Å². The first-order valence-electron chi connectivity index (χ1n) is 9.98. The van der Waals surface area contributed by atoms with E-state index in [9.17, 15) is 4.79 Å². The van der Waals surface area contributed by atoms with Gasteiger partial charge in [0.25, 0.3) is 0 Å². The molecule has 0 radical (unpaired) electrons. The van der Waals surface area contributed by atoms with Crippen molar-refractivity contribution in [3.05, 3.63) is 101 Å². The average molecular weight is 451 g/mol. The minimum absolute atomic E-state index is 0.146. The van der Waals surface area contributed by atoms with Crippen molar-refractivity contribution >= 4 is 21.7 Å². The number of halogens is 1. The van der Waals surface area contributed by atoms with Gasteiger partial charge in [-0.05, 0) is 36.1 Å². The molecular weight excluding hydrogens is 424 g/mol. The Morgan fingerprint density at radius 2 is 1.59 bits per heavy atom. The molecule has 0 saturated carbocycles. The standard InChI is InChI=1S/C26H27BrO2/c1-20-18-23(14-15-25(20)29-17-9-16-27)26(2,22-12-7-4-8-13-22)19-24(28)21-10-5-3-6-11-21/h3-8,10-15,18H,9,16-17,19H2,1-2H3. The lowest BCUT2D eigenvalue weighted by molar-refractivity contribution is 0.0962. The minimum atomic E-state index is -0.423. The first-order valence-corrected chi connectivity index (χ1v) is 11.1. The largest absolute Gasteiger partial charge is 0.493 e. The van der Waals surface area contributed by atoms with Crippen LogP contribution in [0.5, 0.6) is 5.75 Å². The van der Waals surface area contributed by atoms with Crippen molar-refractivity contribution in [1.29, 1.82) is 0 Å². The van der Waals surface area contributed by atoms with Gasteiger partial charge in [0.1, 0.15) is 5.75 Å². The monoisotopic (exact) mass is 450 g/mol. The molecule has 0 saturated heterocycles. The van der Waals surface area contributed by atoms with Gasteiger partial charge in [-0.25, -0.2) is 0 Å². The molecule has 3 aromatic carbocycles. The molecule has 150 valence electrons. The van der Waals surface area contributed by atoms with Crippen LogP contribution in [0.2, 0.25) is 0 Å². The van der Waals surface area contributed by atoms with Crippen molar-refractivity contribution in [1.82, 2.24) is 0 Å².